The van der Waals surface area contributed by atoms with Gasteiger partial charge in [-0.25, -0.2) is 0 Å². The maximum absolute atomic E-state index is 11.8. The van der Waals surface area contributed by atoms with Gasteiger partial charge in [0.25, 0.3) is 0 Å². The third-order valence-electron chi connectivity index (χ3n) is 5.15. The molecule has 1 aromatic carbocycles. The molecule has 0 saturated heterocycles. The molecule has 1 aliphatic heterocycles. The smallest absolute Gasteiger partial charge is 0.160 e. The highest BCUT2D eigenvalue weighted by Crippen LogP contribution is 2.36. The van der Waals surface area contributed by atoms with Crippen LogP contribution >= 0.6 is 0 Å². The van der Waals surface area contributed by atoms with Crippen molar-refractivity contribution in [2.75, 3.05) is 6.61 Å². The minimum Gasteiger partial charge on any atom is -0.508 e. The molecule has 1 heterocycles. The summed E-state index contributed by atoms with van der Waals surface area (Å²) in [7, 11) is 0. The normalized spacial score (nSPS) is 19.1. The van der Waals surface area contributed by atoms with Crippen molar-refractivity contribution in [1.82, 2.24) is 5.32 Å². The summed E-state index contributed by atoms with van der Waals surface area (Å²) < 4.78 is 0. The van der Waals surface area contributed by atoms with Gasteiger partial charge in [-0.15, -0.1) is 0 Å². The van der Waals surface area contributed by atoms with E-state index in [-0.39, 0.29) is 29.6 Å². The molecule has 0 aliphatic carbocycles. The van der Waals surface area contributed by atoms with E-state index in [0.29, 0.717) is 11.1 Å². The number of aliphatic hydroxyl groups excluding tert-OH is 1. The molecule has 0 spiro atoms. The summed E-state index contributed by atoms with van der Waals surface area (Å²) in [6.45, 7) is 13.3. The van der Waals surface area contributed by atoms with E-state index in [1.165, 1.54) is 6.92 Å². The van der Waals surface area contributed by atoms with Crippen LogP contribution in [0.2, 0.25) is 0 Å². The summed E-state index contributed by atoms with van der Waals surface area (Å²) in [5, 5.41) is 23.4. The van der Waals surface area contributed by atoms with Crippen molar-refractivity contribution in [2.45, 2.75) is 47.1 Å². The molecule has 4 nitrogen and oxygen atoms in total. The maximum Gasteiger partial charge on any atom is 0.160 e. The quantitative estimate of drug-likeness (QED) is 0.557. The van der Waals surface area contributed by atoms with E-state index < -0.39 is 0 Å². The lowest BCUT2D eigenvalue weighted by molar-refractivity contribution is -0.113. The number of phenols is 1. The van der Waals surface area contributed by atoms with Crippen molar-refractivity contribution in [3.63, 3.8) is 0 Å². The summed E-state index contributed by atoms with van der Waals surface area (Å²) in [6, 6.07) is 3.76. The third kappa shape index (κ3) is 3.91. The minimum atomic E-state index is -0.325. The predicted octanol–water partition coefficient (Wildman–Crippen LogP) is 3.67. The number of ketones is 1. The van der Waals surface area contributed by atoms with Gasteiger partial charge in [0.2, 0.25) is 0 Å². The molecule has 2 rings (SSSR count). The predicted molar refractivity (Wildman–Crippen MR) is 106 cm³/mol. The largest absolute Gasteiger partial charge is 0.508 e. The molecule has 26 heavy (non-hydrogen) atoms. The van der Waals surface area contributed by atoms with Gasteiger partial charge in [-0.1, -0.05) is 32.6 Å². The van der Waals surface area contributed by atoms with Gasteiger partial charge in [0.05, 0.1) is 6.61 Å². The number of hydrogen-bond acceptors (Lipinski definition) is 4. The number of aliphatic hydroxyl groups is 1. The van der Waals surface area contributed by atoms with Crippen molar-refractivity contribution < 1.29 is 15.0 Å². The number of carbonyl (C=O) groups is 1. The van der Waals surface area contributed by atoms with Gasteiger partial charge in [0.15, 0.2) is 5.78 Å². The molecule has 140 valence electrons. The highest BCUT2D eigenvalue weighted by Gasteiger charge is 2.34. The van der Waals surface area contributed by atoms with Gasteiger partial charge in [-0.2, -0.15) is 0 Å². The van der Waals surface area contributed by atoms with Crippen molar-refractivity contribution in [1.29, 1.82) is 0 Å². The molecule has 0 amide bonds. The molecule has 1 unspecified atom stereocenters. The number of carbonyl (C=O) groups excluding carboxylic acids is 1. The number of nitrogens with one attached hydrogen (secondary N) is 1. The molecular weight excluding hydrogens is 326 g/mol. The number of rotatable bonds is 5. The molecule has 3 N–H and O–H groups in total. The fraction of sp³-hybridized carbons (Fsp3) is 0.409. The summed E-state index contributed by atoms with van der Waals surface area (Å²) in [5.41, 5.74) is 4.50. The molecule has 0 fully saturated rings. The van der Waals surface area contributed by atoms with Crippen LogP contribution in [-0.2, 0) is 11.2 Å². The van der Waals surface area contributed by atoms with E-state index in [1.54, 1.807) is 12.1 Å². The summed E-state index contributed by atoms with van der Waals surface area (Å²) in [6.07, 6.45) is 4.36. The zero-order valence-electron chi connectivity index (χ0n) is 16.3. The van der Waals surface area contributed by atoms with Crippen LogP contribution in [0.25, 0.3) is 5.70 Å². The highest BCUT2D eigenvalue weighted by molar-refractivity contribution is 5.99. The Balaban J connectivity index is 2.57. The molecule has 0 radical (unpaired) electrons. The van der Waals surface area contributed by atoms with Gasteiger partial charge in [-0.05, 0) is 56.0 Å². The lowest BCUT2D eigenvalue weighted by Gasteiger charge is -2.39. The number of aryl methyl sites for hydroxylation is 1. The van der Waals surface area contributed by atoms with Crippen molar-refractivity contribution in [3.05, 3.63) is 58.7 Å². The van der Waals surface area contributed by atoms with Crippen molar-refractivity contribution >= 4 is 11.5 Å². The van der Waals surface area contributed by atoms with Crippen LogP contribution in [0.15, 0.2) is 42.0 Å². The van der Waals surface area contributed by atoms with Crippen LogP contribution in [-0.4, -0.2) is 28.6 Å². The maximum atomic E-state index is 11.8. The van der Waals surface area contributed by atoms with Crippen LogP contribution in [0.3, 0.4) is 0 Å². The Bertz CT molecular complexity index is 800. The Morgan fingerprint density at radius 2 is 2.08 bits per heavy atom. The summed E-state index contributed by atoms with van der Waals surface area (Å²) >= 11 is 0. The van der Waals surface area contributed by atoms with Gasteiger partial charge in [-0.3, -0.25) is 4.79 Å². The first kappa shape index (κ1) is 20.0. The number of fused-ring (bicyclic) bond motifs is 1. The summed E-state index contributed by atoms with van der Waals surface area (Å²) in [4.78, 5) is 11.8. The van der Waals surface area contributed by atoms with E-state index in [2.05, 4.69) is 11.9 Å². The first-order valence-corrected chi connectivity index (χ1v) is 8.89. The zero-order valence-corrected chi connectivity index (χ0v) is 16.3. The zero-order chi connectivity index (χ0) is 19.6. The Kier molecular flexibility index (Phi) is 5.77. The van der Waals surface area contributed by atoms with Crippen LogP contribution < -0.4 is 5.32 Å². The SMILES string of the molecule is C=C(/C=C1\NC(C(C)(C)CO)Cc2cc(C)c(O)cc21)/C(=C\C)C(C)=O. The number of phenolic OH excluding ortho intramolecular Hbond substituents is 1. The fourth-order valence-corrected chi connectivity index (χ4v) is 3.28. The Morgan fingerprint density at radius 1 is 1.42 bits per heavy atom. The van der Waals surface area contributed by atoms with E-state index in [4.69, 9.17) is 0 Å². The minimum absolute atomic E-state index is 0.0226. The Labute approximate surface area is 155 Å². The summed E-state index contributed by atoms with van der Waals surface area (Å²) in [5.74, 6) is 0.198. The number of hydrogen-bond donors (Lipinski definition) is 3. The first-order valence-electron chi connectivity index (χ1n) is 8.89. The van der Waals surface area contributed by atoms with Crippen molar-refractivity contribution in [3.8, 4) is 5.75 Å². The van der Waals surface area contributed by atoms with Crippen LogP contribution in [0, 0.1) is 12.3 Å². The third-order valence-corrected chi connectivity index (χ3v) is 5.15. The second-order valence-corrected chi connectivity index (χ2v) is 7.69. The lowest BCUT2D eigenvalue weighted by atomic mass is 9.77. The Hall–Kier alpha value is -2.33. The second kappa shape index (κ2) is 7.50. The number of benzene rings is 1. The van der Waals surface area contributed by atoms with E-state index in [9.17, 15) is 15.0 Å². The average Bonchev–Trinajstić information content (AvgIpc) is 2.56. The topological polar surface area (TPSA) is 69.6 Å². The number of allylic oxidation sites excluding steroid dienone is 4. The van der Waals surface area contributed by atoms with Crippen LogP contribution in [0.5, 0.6) is 5.75 Å². The van der Waals surface area contributed by atoms with E-state index >= 15 is 0 Å². The van der Waals surface area contributed by atoms with Gasteiger partial charge in [0, 0.05) is 28.3 Å². The monoisotopic (exact) mass is 355 g/mol. The van der Waals surface area contributed by atoms with Gasteiger partial charge in [0.1, 0.15) is 5.75 Å². The number of Topliss-reactive ketones (excluding diaryl/α,β-unsaturated/α-hetero) is 1. The van der Waals surface area contributed by atoms with E-state index in [1.807, 2.05) is 39.8 Å². The van der Waals surface area contributed by atoms with Crippen molar-refractivity contribution in [2.24, 2.45) is 5.41 Å². The lowest BCUT2D eigenvalue weighted by Crippen LogP contribution is -2.47. The first-order chi connectivity index (χ1) is 12.1. The fourth-order valence-electron chi connectivity index (χ4n) is 3.28. The van der Waals surface area contributed by atoms with Gasteiger partial charge < -0.3 is 15.5 Å². The molecule has 0 saturated carbocycles. The van der Waals surface area contributed by atoms with Crippen LogP contribution in [0.4, 0.5) is 0 Å². The Morgan fingerprint density at radius 3 is 2.62 bits per heavy atom. The molecule has 0 aromatic heterocycles. The highest BCUT2D eigenvalue weighted by atomic mass is 16.3. The molecule has 0 bridgehead atoms. The van der Waals surface area contributed by atoms with Gasteiger partial charge >= 0.3 is 0 Å². The standard InChI is InChI=1S/C22H29NO3/c1-7-17(15(4)25)13(2)9-19-18-11-20(26)14(3)8-16(18)10-21(23-19)22(5,6)12-24/h7-9,11,21,23-24,26H,2,10,12H2,1,3-6H3/b17-7+,19-9-. The molecule has 1 aliphatic rings. The molecular formula is C22H29NO3. The molecule has 4 heteroatoms. The average molecular weight is 355 g/mol. The molecule has 1 atom stereocenters. The van der Waals surface area contributed by atoms with E-state index in [0.717, 1.165) is 28.8 Å². The second-order valence-electron chi connectivity index (χ2n) is 7.69. The molecule has 1 aromatic rings. The number of aromatic hydroxyl groups is 1. The van der Waals surface area contributed by atoms with Crippen LogP contribution in [0.1, 0.15) is 44.4 Å².